The van der Waals surface area contributed by atoms with Gasteiger partial charge in [0, 0.05) is 17.0 Å². The van der Waals surface area contributed by atoms with Gasteiger partial charge in [-0.1, -0.05) is 0 Å². The lowest BCUT2D eigenvalue weighted by Gasteiger charge is -2.06. The van der Waals surface area contributed by atoms with Crippen LogP contribution >= 0.6 is 0 Å². The number of esters is 1. The number of aryl methyl sites for hydroxylation is 1. The smallest absolute Gasteiger partial charge is 0.354 e. The van der Waals surface area contributed by atoms with Gasteiger partial charge in [0.2, 0.25) is 0 Å². The lowest BCUT2D eigenvalue weighted by Crippen LogP contribution is -2.13. The van der Waals surface area contributed by atoms with Gasteiger partial charge < -0.3 is 9.72 Å². The van der Waals surface area contributed by atoms with Crippen molar-refractivity contribution in [1.29, 1.82) is 0 Å². The number of ether oxygens (including phenoxy) is 1. The van der Waals surface area contributed by atoms with E-state index in [9.17, 15) is 14.0 Å². The highest BCUT2D eigenvalue weighted by Gasteiger charge is 2.12. The largest absolute Gasteiger partial charge is 0.461 e. The van der Waals surface area contributed by atoms with Crippen LogP contribution in [0.4, 0.5) is 4.39 Å². The molecule has 0 aliphatic carbocycles. The minimum Gasteiger partial charge on any atom is -0.461 e. The summed E-state index contributed by atoms with van der Waals surface area (Å²) in [5, 5.41) is 0.349. The first kappa shape index (κ1) is 12.3. The standard InChI is InChI=1S/C13H12FNO3/c1-3-18-13(17)10-6-11(16)8-4-5-9(14)7(2)12(8)15-10/h4-6H,3H2,1-2H3,(H,15,16). The number of carbonyl (C=O) groups is 1. The molecule has 0 atom stereocenters. The van der Waals surface area contributed by atoms with Crippen molar-refractivity contribution >= 4 is 16.9 Å². The molecule has 0 radical (unpaired) electrons. The van der Waals surface area contributed by atoms with E-state index >= 15 is 0 Å². The Morgan fingerprint density at radius 3 is 2.83 bits per heavy atom. The molecule has 0 bridgehead atoms. The summed E-state index contributed by atoms with van der Waals surface area (Å²) < 4.78 is 18.2. The maximum Gasteiger partial charge on any atom is 0.354 e. The molecule has 0 unspecified atom stereocenters. The normalized spacial score (nSPS) is 10.6. The van der Waals surface area contributed by atoms with Crippen molar-refractivity contribution in [3.63, 3.8) is 0 Å². The van der Waals surface area contributed by atoms with Crippen LogP contribution in [0.3, 0.4) is 0 Å². The number of hydrogen-bond acceptors (Lipinski definition) is 3. The Labute approximate surface area is 102 Å². The van der Waals surface area contributed by atoms with Crippen molar-refractivity contribution < 1.29 is 13.9 Å². The zero-order chi connectivity index (χ0) is 13.3. The van der Waals surface area contributed by atoms with Crippen molar-refractivity contribution in [1.82, 2.24) is 4.98 Å². The van der Waals surface area contributed by atoms with Crippen LogP contribution in [0.25, 0.3) is 10.9 Å². The van der Waals surface area contributed by atoms with E-state index in [1.165, 1.54) is 12.1 Å². The Kier molecular flexibility index (Phi) is 3.14. The van der Waals surface area contributed by atoms with Crippen molar-refractivity contribution in [2.45, 2.75) is 13.8 Å². The van der Waals surface area contributed by atoms with Gasteiger partial charge in [0.1, 0.15) is 11.5 Å². The second kappa shape index (κ2) is 4.60. The summed E-state index contributed by atoms with van der Waals surface area (Å²) in [6.45, 7) is 3.42. The van der Waals surface area contributed by atoms with E-state index < -0.39 is 11.8 Å². The number of aromatic nitrogens is 1. The number of carbonyl (C=O) groups excluding carboxylic acids is 1. The number of hydrogen-bond donors (Lipinski definition) is 1. The van der Waals surface area contributed by atoms with Crippen LogP contribution < -0.4 is 5.43 Å². The molecule has 0 fully saturated rings. The van der Waals surface area contributed by atoms with Crippen LogP contribution in [0.1, 0.15) is 23.0 Å². The number of pyridine rings is 1. The molecular weight excluding hydrogens is 237 g/mol. The number of aromatic amines is 1. The van der Waals surface area contributed by atoms with Crippen LogP contribution in [0.2, 0.25) is 0 Å². The summed E-state index contributed by atoms with van der Waals surface area (Å²) in [4.78, 5) is 26.1. The van der Waals surface area contributed by atoms with Gasteiger partial charge in [-0.25, -0.2) is 9.18 Å². The van der Waals surface area contributed by atoms with E-state index in [0.717, 1.165) is 6.07 Å². The Hall–Kier alpha value is -2.17. The summed E-state index contributed by atoms with van der Waals surface area (Å²) in [5.41, 5.74) is 0.319. The molecule has 0 aliphatic heterocycles. The van der Waals surface area contributed by atoms with Crippen molar-refractivity contribution in [2.24, 2.45) is 0 Å². The molecule has 0 aliphatic rings. The summed E-state index contributed by atoms with van der Waals surface area (Å²) in [5.74, 6) is -1.06. The number of nitrogens with one attached hydrogen (secondary N) is 1. The molecule has 1 aromatic carbocycles. The predicted octanol–water partition coefficient (Wildman–Crippen LogP) is 2.15. The maximum atomic E-state index is 13.4. The van der Waals surface area contributed by atoms with Crippen molar-refractivity contribution in [3.05, 3.63) is 45.5 Å². The highest BCUT2D eigenvalue weighted by atomic mass is 19.1. The molecule has 0 saturated heterocycles. The second-order valence-corrected chi connectivity index (χ2v) is 3.86. The summed E-state index contributed by atoms with van der Waals surface area (Å²) in [7, 11) is 0. The Morgan fingerprint density at radius 2 is 2.17 bits per heavy atom. The third-order valence-electron chi connectivity index (χ3n) is 2.69. The monoisotopic (exact) mass is 249 g/mol. The average Bonchev–Trinajstić information content (AvgIpc) is 2.34. The number of H-pyrrole nitrogens is 1. The summed E-state index contributed by atoms with van der Waals surface area (Å²) in [6.07, 6.45) is 0. The van der Waals surface area contributed by atoms with Gasteiger partial charge in [-0.3, -0.25) is 4.79 Å². The molecule has 1 heterocycles. The van der Waals surface area contributed by atoms with Gasteiger partial charge in [-0.05, 0) is 26.0 Å². The number of rotatable bonds is 2. The quantitative estimate of drug-likeness (QED) is 0.829. The minimum atomic E-state index is -0.625. The van der Waals surface area contributed by atoms with E-state index in [0.29, 0.717) is 16.5 Å². The number of fused-ring (bicyclic) bond motifs is 1. The number of halogens is 1. The van der Waals surface area contributed by atoms with Crippen LogP contribution in [0.5, 0.6) is 0 Å². The van der Waals surface area contributed by atoms with Gasteiger partial charge in [-0.2, -0.15) is 0 Å². The molecule has 1 N–H and O–H groups in total. The van der Waals surface area contributed by atoms with Gasteiger partial charge in [-0.15, -0.1) is 0 Å². The fourth-order valence-electron chi connectivity index (χ4n) is 1.75. The molecule has 18 heavy (non-hydrogen) atoms. The molecule has 0 saturated carbocycles. The fraction of sp³-hybridized carbons (Fsp3) is 0.231. The fourth-order valence-corrected chi connectivity index (χ4v) is 1.75. The molecule has 5 heteroatoms. The minimum absolute atomic E-state index is 0.0306. The first-order valence-corrected chi connectivity index (χ1v) is 5.54. The van der Waals surface area contributed by atoms with Crippen LogP contribution in [0.15, 0.2) is 23.0 Å². The molecular formula is C13H12FNO3. The Bertz CT molecular complexity index is 676. The lowest BCUT2D eigenvalue weighted by atomic mass is 10.1. The zero-order valence-corrected chi connectivity index (χ0v) is 10.0. The van der Waals surface area contributed by atoms with Crippen LogP contribution in [0, 0.1) is 12.7 Å². The lowest BCUT2D eigenvalue weighted by molar-refractivity contribution is 0.0520. The van der Waals surface area contributed by atoms with Gasteiger partial charge in [0.05, 0.1) is 12.1 Å². The average molecular weight is 249 g/mol. The zero-order valence-electron chi connectivity index (χ0n) is 10.0. The summed E-state index contributed by atoms with van der Waals surface area (Å²) in [6, 6.07) is 3.79. The second-order valence-electron chi connectivity index (χ2n) is 3.86. The van der Waals surface area contributed by atoms with Gasteiger partial charge in [0.15, 0.2) is 5.43 Å². The van der Waals surface area contributed by atoms with E-state index in [4.69, 9.17) is 4.74 Å². The number of benzene rings is 1. The molecule has 1 aromatic heterocycles. The first-order chi connectivity index (χ1) is 8.54. The van der Waals surface area contributed by atoms with E-state index in [1.54, 1.807) is 13.8 Å². The molecule has 2 aromatic rings. The topological polar surface area (TPSA) is 59.2 Å². The van der Waals surface area contributed by atoms with Gasteiger partial charge >= 0.3 is 5.97 Å². The SMILES string of the molecule is CCOC(=O)c1cc(=O)c2ccc(F)c(C)c2[nH]1. The first-order valence-electron chi connectivity index (χ1n) is 5.54. The summed E-state index contributed by atoms with van der Waals surface area (Å²) >= 11 is 0. The third kappa shape index (κ3) is 1.99. The predicted molar refractivity (Wildman–Crippen MR) is 65.2 cm³/mol. The van der Waals surface area contributed by atoms with E-state index in [2.05, 4.69) is 4.98 Å². The molecule has 2 rings (SSSR count). The Balaban J connectivity index is 2.71. The molecule has 94 valence electrons. The Morgan fingerprint density at radius 1 is 1.44 bits per heavy atom. The molecule has 0 amide bonds. The maximum absolute atomic E-state index is 13.4. The van der Waals surface area contributed by atoms with Crippen molar-refractivity contribution in [3.8, 4) is 0 Å². The van der Waals surface area contributed by atoms with E-state index in [-0.39, 0.29) is 17.7 Å². The van der Waals surface area contributed by atoms with Crippen LogP contribution in [-0.2, 0) is 4.74 Å². The van der Waals surface area contributed by atoms with Crippen LogP contribution in [-0.4, -0.2) is 17.6 Å². The van der Waals surface area contributed by atoms with E-state index in [1.807, 2.05) is 0 Å². The molecule has 0 spiro atoms. The van der Waals surface area contributed by atoms with Crippen molar-refractivity contribution in [2.75, 3.05) is 6.61 Å². The highest BCUT2D eigenvalue weighted by Crippen LogP contribution is 2.16. The molecule has 4 nitrogen and oxygen atoms in total. The van der Waals surface area contributed by atoms with Gasteiger partial charge in [0.25, 0.3) is 0 Å². The highest BCUT2D eigenvalue weighted by molar-refractivity contribution is 5.91. The third-order valence-corrected chi connectivity index (χ3v) is 2.69.